The van der Waals surface area contributed by atoms with Gasteiger partial charge in [0, 0.05) is 25.6 Å². The van der Waals surface area contributed by atoms with E-state index in [9.17, 15) is 14.7 Å². The third-order valence-electron chi connectivity index (χ3n) is 4.21. The number of nitrogens with zero attached hydrogens (tertiary/aromatic N) is 2. The maximum atomic E-state index is 12.2. The molecule has 1 fully saturated rings. The molecule has 1 saturated heterocycles. The number of hydroxylamine groups is 2. The molecule has 1 aromatic rings. The Hall–Kier alpha value is -2.08. The Morgan fingerprint density at radius 3 is 2.64 bits per heavy atom. The van der Waals surface area contributed by atoms with Gasteiger partial charge in [0.2, 0.25) is 5.91 Å². The van der Waals surface area contributed by atoms with Crippen LogP contribution in [0.5, 0.6) is 0 Å². The smallest absolute Gasteiger partial charge is 0.407 e. The Labute approximate surface area is 130 Å². The van der Waals surface area contributed by atoms with E-state index in [0.29, 0.717) is 25.8 Å². The molecule has 120 valence electrons. The van der Waals surface area contributed by atoms with Crippen molar-refractivity contribution >= 4 is 12.0 Å². The normalized spacial score (nSPS) is 21.5. The van der Waals surface area contributed by atoms with Gasteiger partial charge in [-0.3, -0.25) is 9.63 Å². The van der Waals surface area contributed by atoms with Crippen molar-refractivity contribution in [3.8, 4) is 0 Å². The first kappa shape index (κ1) is 16.3. The molecule has 0 bridgehead atoms. The van der Waals surface area contributed by atoms with E-state index in [1.165, 1.54) is 17.1 Å². The second kappa shape index (κ2) is 7.26. The molecule has 22 heavy (non-hydrogen) atoms. The van der Waals surface area contributed by atoms with E-state index in [1.807, 2.05) is 30.3 Å². The van der Waals surface area contributed by atoms with Crippen molar-refractivity contribution in [2.75, 3.05) is 20.7 Å². The largest absolute Gasteiger partial charge is 0.465 e. The monoisotopic (exact) mass is 306 g/mol. The van der Waals surface area contributed by atoms with Crippen LogP contribution in [-0.4, -0.2) is 53.8 Å². The summed E-state index contributed by atoms with van der Waals surface area (Å²) in [6.45, 7) is 0.376. The van der Waals surface area contributed by atoms with Gasteiger partial charge in [-0.15, -0.1) is 0 Å². The summed E-state index contributed by atoms with van der Waals surface area (Å²) in [5, 5.41) is 10.6. The van der Waals surface area contributed by atoms with Crippen LogP contribution in [0.4, 0.5) is 4.79 Å². The molecule has 6 heteroatoms. The van der Waals surface area contributed by atoms with Gasteiger partial charge in [-0.2, -0.15) is 0 Å². The maximum absolute atomic E-state index is 12.2. The van der Waals surface area contributed by atoms with Crippen LogP contribution in [0.15, 0.2) is 30.3 Å². The molecule has 0 aromatic heterocycles. The van der Waals surface area contributed by atoms with Crippen LogP contribution in [0.1, 0.15) is 18.4 Å². The van der Waals surface area contributed by atoms with Crippen molar-refractivity contribution in [2.45, 2.75) is 25.3 Å². The number of carbonyl (C=O) groups is 2. The number of carboxylic acid groups (broad SMARTS) is 1. The van der Waals surface area contributed by atoms with Gasteiger partial charge < -0.3 is 10.0 Å². The minimum absolute atomic E-state index is 0.0920. The van der Waals surface area contributed by atoms with Gasteiger partial charge in [0.05, 0.1) is 7.11 Å². The highest BCUT2D eigenvalue weighted by Gasteiger charge is 2.35. The number of amides is 2. The van der Waals surface area contributed by atoms with Crippen LogP contribution in [0.3, 0.4) is 0 Å². The zero-order valence-corrected chi connectivity index (χ0v) is 12.9. The van der Waals surface area contributed by atoms with Gasteiger partial charge >= 0.3 is 6.09 Å². The topological polar surface area (TPSA) is 70.1 Å². The van der Waals surface area contributed by atoms with Gasteiger partial charge in [-0.1, -0.05) is 30.3 Å². The summed E-state index contributed by atoms with van der Waals surface area (Å²) in [5.41, 5.74) is 1.08. The Morgan fingerprint density at radius 2 is 2.05 bits per heavy atom. The number of likely N-dealkylation sites (tertiary alicyclic amines) is 1. The summed E-state index contributed by atoms with van der Waals surface area (Å²) in [5.74, 6) is -0.292. The lowest BCUT2D eigenvalue weighted by Gasteiger charge is -2.38. The number of hydrogen-bond donors (Lipinski definition) is 1. The molecule has 1 heterocycles. The van der Waals surface area contributed by atoms with Crippen molar-refractivity contribution in [3.05, 3.63) is 35.9 Å². The summed E-state index contributed by atoms with van der Waals surface area (Å²) in [4.78, 5) is 30.1. The lowest BCUT2D eigenvalue weighted by molar-refractivity contribution is -0.175. The molecule has 1 aromatic carbocycles. The third kappa shape index (κ3) is 3.76. The fraction of sp³-hybridized carbons (Fsp3) is 0.500. The van der Waals surface area contributed by atoms with Gasteiger partial charge in [0.15, 0.2) is 0 Å². The minimum atomic E-state index is -0.924. The third-order valence-corrected chi connectivity index (χ3v) is 4.21. The SMILES string of the molecule is CON(C)C(=O)C1CCN(C(=O)O)C(Cc2ccccc2)C1. The average molecular weight is 306 g/mol. The maximum Gasteiger partial charge on any atom is 0.407 e. The van der Waals surface area contributed by atoms with Crippen LogP contribution in [0.25, 0.3) is 0 Å². The zero-order chi connectivity index (χ0) is 16.1. The predicted molar refractivity (Wildman–Crippen MR) is 81.2 cm³/mol. The Bertz CT molecular complexity index is 520. The molecule has 2 unspecified atom stereocenters. The molecule has 1 aliphatic heterocycles. The molecule has 0 aliphatic carbocycles. The molecule has 2 atom stereocenters. The van der Waals surface area contributed by atoms with Crippen LogP contribution in [-0.2, 0) is 16.1 Å². The molecule has 2 rings (SSSR count). The fourth-order valence-corrected chi connectivity index (χ4v) is 2.95. The van der Waals surface area contributed by atoms with Crippen molar-refractivity contribution in [3.63, 3.8) is 0 Å². The highest BCUT2D eigenvalue weighted by Crippen LogP contribution is 2.27. The lowest BCUT2D eigenvalue weighted by atomic mass is 9.87. The summed E-state index contributed by atoms with van der Waals surface area (Å²) < 4.78 is 0. The fourth-order valence-electron chi connectivity index (χ4n) is 2.95. The van der Waals surface area contributed by atoms with E-state index >= 15 is 0 Å². The zero-order valence-electron chi connectivity index (χ0n) is 12.9. The minimum Gasteiger partial charge on any atom is -0.465 e. The number of rotatable bonds is 4. The first-order valence-electron chi connectivity index (χ1n) is 7.38. The Morgan fingerprint density at radius 1 is 1.36 bits per heavy atom. The predicted octanol–water partition coefficient (Wildman–Crippen LogP) is 2.01. The molecular formula is C16H22N2O4. The van der Waals surface area contributed by atoms with E-state index < -0.39 is 6.09 Å². The van der Waals surface area contributed by atoms with Crippen molar-refractivity contribution in [2.24, 2.45) is 5.92 Å². The van der Waals surface area contributed by atoms with E-state index in [4.69, 9.17) is 4.84 Å². The molecule has 6 nitrogen and oxygen atoms in total. The molecule has 1 aliphatic rings. The quantitative estimate of drug-likeness (QED) is 0.864. The van der Waals surface area contributed by atoms with Crippen LogP contribution in [0, 0.1) is 5.92 Å². The highest BCUT2D eigenvalue weighted by atomic mass is 16.7. The van der Waals surface area contributed by atoms with Crippen LogP contribution < -0.4 is 0 Å². The number of carbonyl (C=O) groups excluding carboxylic acids is 1. The Balaban J connectivity index is 2.11. The van der Waals surface area contributed by atoms with Gasteiger partial charge in [-0.25, -0.2) is 9.86 Å². The van der Waals surface area contributed by atoms with Crippen LogP contribution >= 0.6 is 0 Å². The number of hydrogen-bond acceptors (Lipinski definition) is 3. The van der Waals surface area contributed by atoms with Crippen molar-refractivity contribution < 1.29 is 19.5 Å². The molecule has 0 spiro atoms. The second-order valence-electron chi connectivity index (χ2n) is 5.56. The van der Waals surface area contributed by atoms with Gasteiger partial charge in [-0.05, 0) is 24.8 Å². The molecule has 2 amide bonds. The first-order valence-corrected chi connectivity index (χ1v) is 7.38. The van der Waals surface area contributed by atoms with E-state index in [0.717, 1.165) is 5.56 Å². The summed E-state index contributed by atoms with van der Waals surface area (Å²) in [7, 11) is 3.03. The van der Waals surface area contributed by atoms with Crippen molar-refractivity contribution in [1.29, 1.82) is 0 Å². The van der Waals surface area contributed by atoms with Gasteiger partial charge in [0.25, 0.3) is 0 Å². The molecule has 0 saturated carbocycles. The van der Waals surface area contributed by atoms with E-state index in [2.05, 4.69) is 0 Å². The van der Waals surface area contributed by atoms with E-state index in [1.54, 1.807) is 7.05 Å². The lowest BCUT2D eigenvalue weighted by Crippen LogP contribution is -2.49. The van der Waals surface area contributed by atoms with Gasteiger partial charge in [0.1, 0.15) is 0 Å². The van der Waals surface area contributed by atoms with Crippen molar-refractivity contribution in [1.82, 2.24) is 9.96 Å². The highest BCUT2D eigenvalue weighted by molar-refractivity contribution is 5.78. The summed E-state index contributed by atoms with van der Waals surface area (Å²) in [6, 6.07) is 9.57. The average Bonchev–Trinajstić information content (AvgIpc) is 2.54. The van der Waals surface area contributed by atoms with E-state index in [-0.39, 0.29) is 17.9 Å². The molecular weight excluding hydrogens is 284 g/mol. The molecule has 0 radical (unpaired) electrons. The second-order valence-corrected chi connectivity index (χ2v) is 5.56. The summed E-state index contributed by atoms with van der Waals surface area (Å²) in [6.07, 6.45) is 0.748. The standard InChI is InChI=1S/C16H22N2O4/c1-17(22-2)15(19)13-8-9-18(16(20)21)14(11-13)10-12-6-4-3-5-7-12/h3-7,13-14H,8-11H2,1-2H3,(H,20,21). The van der Waals surface area contributed by atoms with Crippen LogP contribution in [0.2, 0.25) is 0 Å². The summed E-state index contributed by atoms with van der Waals surface area (Å²) >= 11 is 0. The number of benzene rings is 1. The Kier molecular flexibility index (Phi) is 5.38. The first-order chi connectivity index (χ1) is 10.5. The molecule has 1 N–H and O–H groups in total. The number of piperidine rings is 1.